The van der Waals surface area contributed by atoms with Crippen molar-refractivity contribution in [2.75, 3.05) is 9.80 Å². The Labute approximate surface area is 330 Å². The number of rotatable bonds is 6. The van der Waals surface area contributed by atoms with E-state index in [0.29, 0.717) is 22.7 Å². The monoisotopic (exact) mass is 702 g/mol. The molecule has 0 N–H and O–H groups in total. The molecule has 10 aromatic carbocycles. The van der Waals surface area contributed by atoms with Crippen LogP contribution >= 0.6 is 0 Å². The molecule has 0 aliphatic heterocycles. The van der Waals surface area contributed by atoms with Crippen LogP contribution in [0.15, 0.2) is 170 Å². The Bertz CT molecular complexity index is 3330. The maximum atomic E-state index is 9.32. The first kappa shape index (κ1) is 23.1. The third-order valence-corrected chi connectivity index (χ3v) is 10.7. The molecule has 0 aliphatic rings. The number of fused-ring (bicyclic) bond motifs is 2. The summed E-state index contributed by atoms with van der Waals surface area (Å²) in [6, 6.07) is 32.1. The van der Waals surface area contributed by atoms with Crippen LogP contribution in [0.25, 0.3) is 53.9 Å². The van der Waals surface area contributed by atoms with E-state index in [0.717, 1.165) is 76.1 Å². The summed E-state index contributed by atoms with van der Waals surface area (Å²) < 4.78 is 89.4. The minimum absolute atomic E-state index is 0.0212. The molecule has 54 heavy (non-hydrogen) atoms. The summed E-state index contributed by atoms with van der Waals surface area (Å²) in [6.07, 6.45) is 0. The van der Waals surface area contributed by atoms with E-state index in [1.54, 1.807) is 0 Å². The molecular weight excluding hydrogens is 653 g/mol. The molecule has 0 fully saturated rings. The van der Waals surface area contributed by atoms with Gasteiger partial charge in [-0.25, -0.2) is 0 Å². The van der Waals surface area contributed by atoms with Gasteiger partial charge in [0.15, 0.2) is 0 Å². The Morgan fingerprint density at radius 3 is 1.17 bits per heavy atom. The largest absolute Gasteiger partial charge is 0.309 e. The minimum atomic E-state index is -0.479. The first-order valence-electron chi connectivity index (χ1n) is 23.0. The zero-order valence-corrected chi connectivity index (χ0v) is 30.3. The lowest BCUT2D eigenvalue weighted by atomic mass is 9.91. The molecule has 0 amide bonds. The molecule has 0 radical (unpaired) electrons. The highest BCUT2D eigenvalue weighted by Crippen LogP contribution is 2.50. The lowest BCUT2D eigenvalue weighted by molar-refractivity contribution is 1.28. The maximum absolute atomic E-state index is 9.32. The third kappa shape index (κ3) is 5.02. The summed E-state index contributed by atoms with van der Waals surface area (Å²) in [7, 11) is 0. The third-order valence-electron chi connectivity index (χ3n) is 10.7. The molecule has 0 atom stereocenters. The van der Waals surface area contributed by atoms with Crippen LogP contribution in [0, 0.1) is 27.7 Å². The molecular formula is C52H40N2. The Morgan fingerprint density at radius 2 is 0.741 bits per heavy atom. The van der Waals surface area contributed by atoms with Crippen molar-refractivity contribution in [3.63, 3.8) is 0 Å². The first-order chi connectivity index (χ1) is 30.6. The van der Waals surface area contributed by atoms with Gasteiger partial charge in [0, 0.05) is 32.9 Å². The molecule has 258 valence electrons. The number of hydrogen-bond acceptors (Lipinski definition) is 2. The first-order valence-corrected chi connectivity index (χ1v) is 18.0. The van der Waals surface area contributed by atoms with Gasteiger partial charge in [-0.3, -0.25) is 0 Å². The lowest BCUT2D eigenvalue weighted by Crippen LogP contribution is -2.13. The van der Waals surface area contributed by atoms with Gasteiger partial charge in [-0.15, -0.1) is 0 Å². The van der Waals surface area contributed by atoms with Gasteiger partial charge in [-0.2, -0.15) is 0 Å². The summed E-state index contributed by atoms with van der Waals surface area (Å²) in [6.45, 7) is 7.93. The van der Waals surface area contributed by atoms with Crippen LogP contribution in [0.4, 0.5) is 34.1 Å². The molecule has 0 spiro atoms. The number of anilines is 6. The summed E-state index contributed by atoms with van der Waals surface area (Å²) in [5.74, 6) is 0. The van der Waals surface area contributed by atoms with Crippen molar-refractivity contribution < 1.29 is 13.7 Å². The van der Waals surface area contributed by atoms with E-state index < -0.39 is 36.3 Å². The zero-order chi connectivity index (χ0) is 45.2. The van der Waals surface area contributed by atoms with Crippen LogP contribution in [0.3, 0.4) is 0 Å². The minimum Gasteiger partial charge on any atom is -0.309 e. The van der Waals surface area contributed by atoms with E-state index in [-0.39, 0.29) is 35.5 Å². The molecule has 0 aliphatic carbocycles. The standard InChI is InChI=1S/C52H40N2/c1-33-15-19-37-21-17-35(3)51(45(37)31-33)53(41-11-7-5-8-12-41)47-29-25-39-24-28-44-48(30-26-40-23-27-43(47)49(39)50(40)44)54(42-13-9-6-10-14-42)52-36(4)18-22-38-20-16-34(2)32-46(38)52/h5-32H,1-4H3/i5D,6D,7D,8D,9D,10D,11D,12D,13D,14D. The van der Waals surface area contributed by atoms with Crippen LogP contribution in [-0.4, -0.2) is 0 Å². The highest BCUT2D eigenvalue weighted by molar-refractivity contribution is 6.28. The van der Waals surface area contributed by atoms with Crippen molar-refractivity contribution in [3.05, 3.63) is 192 Å². The fourth-order valence-corrected chi connectivity index (χ4v) is 8.22. The second kappa shape index (κ2) is 12.5. The molecule has 0 saturated carbocycles. The number of nitrogens with zero attached hydrogens (tertiary/aromatic N) is 2. The summed E-state index contributed by atoms with van der Waals surface area (Å²) in [4.78, 5) is 3.65. The predicted molar refractivity (Wildman–Crippen MR) is 233 cm³/mol. The quantitative estimate of drug-likeness (QED) is 0.159. The van der Waals surface area contributed by atoms with Gasteiger partial charge in [0.1, 0.15) is 0 Å². The van der Waals surface area contributed by atoms with E-state index in [1.807, 2.05) is 135 Å². The van der Waals surface area contributed by atoms with Crippen LogP contribution < -0.4 is 9.80 Å². The number of para-hydroxylation sites is 2. The van der Waals surface area contributed by atoms with Gasteiger partial charge in [0.05, 0.1) is 36.5 Å². The van der Waals surface area contributed by atoms with Crippen LogP contribution in [0.1, 0.15) is 36.0 Å². The van der Waals surface area contributed by atoms with Gasteiger partial charge < -0.3 is 9.80 Å². The maximum Gasteiger partial charge on any atom is 0.0645 e. The second-order valence-electron chi connectivity index (χ2n) is 14.1. The topological polar surface area (TPSA) is 6.48 Å². The van der Waals surface area contributed by atoms with E-state index in [9.17, 15) is 5.48 Å². The van der Waals surface area contributed by atoms with E-state index in [4.69, 9.17) is 8.22 Å². The van der Waals surface area contributed by atoms with Crippen LogP contribution in [0.5, 0.6) is 0 Å². The van der Waals surface area contributed by atoms with Crippen LogP contribution in [-0.2, 0) is 0 Å². The van der Waals surface area contributed by atoms with Crippen molar-refractivity contribution in [2.24, 2.45) is 0 Å². The summed E-state index contributed by atoms with van der Waals surface area (Å²) in [5, 5.41) is 8.59. The molecule has 10 rings (SSSR count). The average molecular weight is 703 g/mol. The zero-order valence-electron chi connectivity index (χ0n) is 40.3. The van der Waals surface area contributed by atoms with Gasteiger partial charge in [0.2, 0.25) is 0 Å². The lowest BCUT2D eigenvalue weighted by Gasteiger charge is -2.31. The Morgan fingerprint density at radius 1 is 0.370 bits per heavy atom. The van der Waals surface area contributed by atoms with Gasteiger partial charge in [0.25, 0.3) is 0 Å². The molecule has 0 aromatic heterocycles. The summed E-state index contributed by atoms with van der Waals surface area (Å²) >= 11 is 0. The Hall–Kier alpha value is -6.64. The van der Waals surface area contributed by atoms with Gasteiger partial charge in [-0.1, -0.05) is 132 Å². The van der Waals surface area contributed by atoms with E-state index in [1.165, 1.54) is 0 Å². The Kier molecular flexibility index (Phi) is 5.35. The van der Waals surface area contributed by atoms with Crippen molar-refractivity contribution in [1.29, 1.82) is 0 Å². The van der Waals surface area contributed by atoms with Crippen LogP contribution in [0.2, 0.25) is 0 Å². The number of hydrogen-bond donors (Lipinski definition) is 0. The molecule has 0 unspecified atom stereocenters. The summed E-state index contributed by atoms with van der Waals surface area (Å²) in [5.41, 5.74) is 6.30. The van der Waals surface area contributed by atoms with Crippen molar-refractivity contribution in [1.82, 2.24) is 0 Å². The predicted octanol–water partition coefficient (Wildman–Crippen LogP) is 15.1. The van der Waals surface area contributed by atoms with Gasteiger partial charge in [-0.05, 0) is 120 Å². The van der Waals surface area contributed by atoms with Crippen molar-refractivity contribution in [2.45, 2.75) is 27.7 Å². The SMILES string of the molecule is [2H]c1c([2H])c([2H])c(N(c2c(C)ccc3ccc(C)cc23)c2ccc3ccc4c(N(c5c([2H])c([2H])c([2H])c([2H])c5[2H])c5c(C)ccc6ccc(C)cc56)ccc5ccc2c3c54)c([2H])c1[2H]. The van der Waals surface area contributed by atoms with Gasteiger partial charge >= 0.3 is 0 Å². The fraction of sp³-hybridized carbons (Fsp3) is 0.0769. The smallest absolute Gasteiger partial charge is 0.0645 e. The number of benzene rings is 10. The van der Waals surface area contributed by atoms with Crippen molar-refractivity contribution in [3.8, 4) is 0 Å². The normalized spacial score (nSPS) is 14.3. The average Bonchev–Trinajstić information content (AvgIpc) is 3.29. The second-order valence-corrected chi connectivity index (χ2v) is 14.1. The molecule has 0 heterocycles. The Balaban J connectivity index is 1.35. The molecule has 0 saturated heterocycles. The highest BCUT2D eigenvalue weighted by atomic mass is 15.2. The fourth-order valence-electron chi connectivity index (χ4n) is 8.22. The molecule has 0 bridgehead atoms. The van der Waals surface area contributed by atoms with Crippen molar-refractivity contribution >= 4 is 88.0 Å². The highest BCUT2D eigenvalue weighted by Gasteiger charge is 2.24. The van der Waals surface area contributed by atoms with E-state index in [2.05, 4.69) is 12.1 Å². The molecule has 10 aromatic rings. The molecule has 2 heteroatoms. The molecule has 2 nitrogen and oxygen atoms in total. The number of aryl methyl sites for hydroxylation is 4. The van der Waals surface area contributed by atoms with E-state index >= 15 is 0 Å².